The molecule has 3 saturated heterocycles. The predicted molar refractivity (Wildman–Crippen MR) is 148 cm³/mol. The third kappa shape index (κ3) is 4.48. The number of anilines is 2. The number of aryl methyl sites for hydroxylation is 1. The van der Waals surface area contributed by atoms with Crippen LogP contribution < -0.4 is 19.9 Å². The van der Waals surface area contributed by atoms with Crippen molar-refractivity contribution >= 4 is 11.5 Å². The molecule has 0 saturated carbocycles. The molecule has 1 aromatic heterocycles. The smallest absolute Gasteiger partial charge is 0.318 e. The Labute approximate surface area is 221 Å². The Morgan fingerprint density at radius 1 is 0.973 bits per heavy atom. The van der Waals surface area contributed by atoms with Crippen molar-refractivity contribution in [1.29, 1.82) is 0 Å². The summed E-state index contributed by atoms with van der Waals surface area (Å²) in [5.74, 6) is 1.77. The molecule has 1 unspecified atom stereocenters. The Morgan fingerprint density at radius 3 is 2.65 bits per heavy atom. The number of nitrogens with zero attached hydrogens (tertiary/aromatic N) is 5. The van der Waals surface area contributed by atoms with E-state index in [2.05, 4.69) is 52.2 Å². The molecule has 3 fully saturated rings. The molecule has 198 valence electrons. The van der Waals surface area contributed by atoms with Crippen LogP contribution in [-0.4, -0.2) is 72.8 Å². The van der Waals surface area contributed by atoms with Crippen LogP contribution in [-0.2, 0) is 19.4 Å². The van der Waals surface area contributed by atoms with Crippen molar-refractivity contribution in [2.75, 3.05) is 49.6 Å². The average molecular weight is 503 g/mol. The van der Waals surface area contributed by atoms with Gasteiger partial charge in [0.15, 0.2) is 0 Å². The molecule has 0 radical (unpaired) electrons. The summed E-state index contributed by atoms with van der Waals surface area (Å²) >= 11 is 0. The number of likely N-dealkylation sites (tertiary alicyclic amines) is 1. The molecule has 7 nitrogen and oxygen atoms in total. The quantitative estimate of drug-likeness (QED) is 0.666. The Balaban J connectivity index is 1.21. The zero-order valence-electron chi connectivity index (χ0n) is 22.6. The van der Waals surface area contributed by atoms with Crippen LogP contribution in [0.2, 0.25) is 0 Å². The van der Waals surface area contributed by atoms with Gasteiger partial charge in [0, 0.05) is 49.0 Å². The minimum atomic E-state index is 0.465. The summed E-state index contributed by atoms with van der Waals surface area (Å²) < 4.78 is 6.35. The van der Waals surface area contributed by atoms with Gasteiger partial charge < -0.3 is 24.8 Å². The largest absolute Gasteiger partial charge is 0.462 e. The molecule has 37 heavy (non-hydrogen) atoms. The second-order valence-corrected chi connectivity index (χ2v) is 12.2. The molecule has 0 spiro atoms. The lowest BCUT2D eigenvalue weighted by atomic mass is 9.82. The highest BCUT2D eigenvalue weighted by Gasteiger charge is 2.36. The molecule has 0 amide bonds. The average Bonchev–Trinajstić information content (AvgIpc) is 3.49. The highest BCUT2D eigenvalue weighted by atomic mass is 16.5. The van der Waals surface area contributed by atoms with E-state index in [1.807, 2.05) is 0 Å². The van der Waals surface area contributed by atoms with E-state index in [4.69, 9.17) is 14.7 Å². The molecule has 7 heteroatoms. The summed E-state index contributed by atoms with van der Waals surface area (Å²) in [5, 5.41) is 3.78. The summed E-state index contributed by atoms with van der Waals surface area (Å²) in [5.41, 5.74) is 7.06. The number of hydrogen-bond acceptors (Lipinski definition) is 7. The Morgan fingerprint density at radius 2 is 1.84 bits per heavy atom. The molecule has 1 aromatic carbocycles. The molecule has 5 aliphatic rings. The first-order valence-electron chi connectivity index (χ1n) is 14.7. The third-order valence-corrected chi connectivity index (χ3v) is 9.71. The van der Waals surface area contributed by atoms with Crippen LogP contribution in [0.5, 0.6) is 6.01 Å². The molecule has 1 aliphatic carbocycles. The lowest BCUT2D eigenvalue weighted by molar-refractivity contribution is 0.187. The van der Waals surface area contributed by atoms with Crippen LogP contribution in [0.3, 0.4) is 0 Å². The van der Waals surface area contributed by atoms with E-state index in [1.54, 1.807) is 11.1 Å². The molecule has 4 aliphatic heterocycles. The molecule has 2 bridgehead atoms. The standard InChI is InChI=1S/C30H42N6O/c1-20-6-3-7-21-8-4-10-27(28(20)21)35-15-13-25-26(18-35)32-30(37-19-24-9-5-14-34(24)2)33-29(25)36-16-22-11-12-23(17-36)31-22/h4,8,10,20,22-24,31H,3,5-7,9,11-19H2,1-2H3/t20?,22-,23+,24-/m0/s1. The van der Waals surface area contributed by atoms with E-state index in [1.165, 1.54) is 56.2 Å². The van der Waals surface area contributed by atoms with Crippen molar-refractivity contribution in [2.45, 2.75) is 88.9 Å². The Bertz CT molecular complexity index is 1140. The summed E-state index contributed by atoms with van der Waals surface area (Å²) in [6.45, 7) is 8.18. The van der Waals surface area contributed by atoms with Crippen LogP contribution in [0.4, 0.5) is 11.5 Å². The first kappa shape index (κ1) is 23.7. The molecule has 1 N–H and O–H groups in total. The Hall–Kier alpha value is -2.38. The molecule has 4 atom stereocenters. The van der Waals surface area contributed by atoms with Gasteiger partial charge >= 0.3 is 6.01 Å². The molecular formula is C30H42N6O. The zero-order valence-corrected chi connectivity index (χ0v) is 22.6. The number of ether oxygens (including phenoxy) is 1. The van der Waals surface area contributed by atoms with Crippen molar-refractivity contribution in [3.63, 3.8) is 0 Å². The highest BCUT2D eigenvalue weighted by Crippen LogP contribution is 2.40. The van der Waals surface area contributed by atoms with Gasteiger partial charge in [-0.05, 0) is 88.1 Å². The van der Waals surface area contributed by atoms with Crippen molar-refractivity contribution < 1.29 is 4.74 Å². The van der Waals surface area contributed by atoms with Crippen LogP contribution in [0.1, 0.15) is 73.8 Å². The minimum Gasteiger partial charge on any atom is -0.462 e. The number of rotatable bonds is 5. The van der Waals surface area contributed by atoms with Gasteiger partial charge in [0.05, 0.1) is 12.2 Å². The lowest BCUT2D eigenvalue weighted by Gasteiger charge is -2.38. The van der Waals surface area contributed by atoms with Crippen LogP contribution in [0, 0.1) is 0 Å². The van der Waals surface area contributed by atoms with Crippen molar-refractivity contribution in [1.82, 2.24) is 20.2 Å². The number of aromatic nitrogens is 2. The van der Waals surface area contributed by atoms with Gasteiger partial charge in [-0.2, -0.15) is 9.97 Å². The normalized spacial score (nSPS) is 29.4. The highest BCUT2D eigenvalue weighted by molar-refractivity contribution is 5.62. The predicted octanol–water partition coefficient (Wildman–Crippen LogP) is 3.89. The maximum Gasteiger partial charge on any atom is 0.318 e. The molecule has 5 heterocycles. The SMILES string of the molecule is CC1CCCc2cccc(N3CCc4c(nc(OC[C@@H]5CCCN5C)nc4N4C[C@H]5CC[C@@H](C4)N5)C3)c21. The van der Waals surface area contributed by atoms with Gasteiger partial charge in [-0.25, -0.2) is 0 Å². The van der Waals surface area contributed by atoms with E-state index < -0.39 is 0 Å². The zero-order chi connectivity index (χ0) is 24.9. The van der Waals surface area contributed by atoms with Crippen LogP contribution >= 0.6 is 0 Å². The van der Waals surface area contributed by atoms with Gasteiger partial charge in [0.25, 0.3) is 0 Å². The van der Waals surface area contributed by atoms with Gasteiger partial charge in [-0.15, -0.1) is 0 Å². The van der Waals surface area contributed by atoms with Crippen molar-refractivity contribution in [3.05, 3.63) is 40.6 Å². The lowest BCUT2D eigenvalue weighted by Crippen LogP contribution is -2.52. The fraction of sp³-hybridized carbons (Fsp3) is 0.667. The van der Waals surface area contributed by atoms with E-state index in [0.29, 0.717) is 36.7 Å². The third-order valence-electron chi connectivity index (χ3n) is 9.71. The number of likely N-dealkylation sites (N-methyl/N-ethyl adjacent to an activating group) is 1. The first-order valence-corrected chi connectivity index (χ1v) is 14.7. The Kier molecular flexibility index (Phi) is 6.24. The van der Waals surface area contributed by atoms with Crippen LogP contribution in [0.25, 0.3) is 0 Å². The molecule has 7 rings (SSSR count). The molecular weight excluding hydrogens is 460 g/mol. The molecule has 2 aromatic rings. The van der Waals surface area contributed by atoms with E-state index in [-0.39, 0.29) is 0 Å². The summed E-state index contributed by atoms with van der Waals surface area (Å²) in [6, 6.07) is 9.15. The monoisotopic (exact) mass is 502 g/mol. The van der Waals surface area contributed by atoms with E-state index in [0.717, 1.165) is 50.7 Å². The van der Waals surface area contributed by atoms with Crippen molar-refractivity contribution in [2.24, 2.45) is 0 Å². The fourth-order valence-electron chi connectivity index (χ4n) is 7.66. The number of nitrogens with one attached hydrogen (secondary N) is 1. The second-order valence-electron chi connectivity index (χ2n) is 12.2. The van der Waals surface area contributed by atoms with Gasteiger partial charge in [0.2, 0.25) is 0 Å². The first-order chi connectivity index (χ1) is 18.1. The van der Waals surface area contributed by atoms with Crippen molar-refractivity contribution in [3.8, 4) is 6.01 Å². The summed E-state index contributed by atoms with van der Waals surface area (Å²) in [4.78, 5) is 17.7. The second kappa shape index (κ2) is 9.73. The fourth-order valence-corrected chi connectivity index (χ4v) is 7.66. The summed E-state index contributed by atoms with van der Waals surface area (Å²) in [6.07, 6.45) is 9.80. The van der Waals surface area contributed by atoms with E-state index in [9.17, 15) is 0 Å². The van der Waals surface area contributed by atoms with Gasteiger partial charge in [-0.3, -0.25) is 0 Å². The summed E-state index contributed by atoms with van der Waals surface area (Å²) in [7, 11) is 2.20. The van der Waals surface area contributed by atoms with Gasteiger partial charge in [-0.1, -0.05) is 19.1 Å². The number of benzene rings is 1. The van der Waals surface area contributed by atoms with E-state index >= 15 is 0 Å². The number of piperazine rings is 1. The number of hydrogen-bond donors (Lipinski definition) is 1. The van der Waals surface area contributed by atoms with Gasteiger partial charge in [0.1, 0.15) is 12.4 Å². The maximum absolute atomic E-state index is 6.35. The number of fused-ring (bicyclic) bond motifs is 4. The maximum atomic E-state index is 6.35. The van der Waals surface area contributed by atoms with Crippen LogP contribution in [0.15, 0.2) is 18.2 Å². The minimum absolute atomic E-state index is 0.465. The topological polar surface area (TPSA) is 56.8 Å².